The maximum Gasteiger partial charge on any atom is 0.257 e. The number of carbonyl (C=O) groups excluding carboxylic acids is 1. The Morgan fingerprint density at radius 1 is 1.30 bits per heavy atom. The zero-order valence-corrected chi connectivity index (χ0v) is 11.9. The molecule has 1 saturated carbocycles. The van der Waals surface area contributed by atoms with Crippen molar-refractivity contribution in [2.45, 2.75) is 18.4 Å². The van der Waals surface area contributed by atoms with Crippen molar-refractivity contribution in [1.82, 2.24) is 4.90 Å². The molecule has 5 heteroatoms. The predicted octanol–water partition coefficient (Wildman–Crippen LogP) is 1.27. The fraction of sp³-hybridized carbons (Fsp3) is 0.533. The topological polar surface area (TPSA) is 64.8 Å². The van der Waals surface area contributed by atoms with Crippen LogP contribution in [0.2, 0.25) is 0 Å². The van der Waals surface area contributed by atoms with E-state index in [-0.39, 0.29) is 11.4 Å². The molecular weight excluding hydrogens is 256 g/mol. The molecule has 0 bridgehead atoms. The quantitative estimate of drug-likeness (QED) is 0.899. The first-order valence-corrected chi connectivity index (χ1v) is 6.87. The summed E-state index contributed by atoms with van der Waals surface area (Å²) >= 11 is 0. The molecule has 0 radical (unpaired) electrons. The number of benzene rings is 1. The first-order chi connectivity index (χ1) is 9.57. The van der Waals surface area contributed by atoms with Crippen LogP contribution in [-0.2, 0) is 0 Å². The SMILES string of the molecule is COc1ccc(OC)c(C(=O)N2CC(N)(C3CC3)C2)c1. The molecule has 0 spiro atoms. The molecule has 20 heavy (non-hydrogen) atoms. The predicted molar refractivity (Wildman–Crippen MR) is 75.1 cm³/mol. The van der Waals surface area contributed by atoms with E-state index >= 15 is 0 Å². The van der Waals surface area contributed by atoms with E-state index in [1.807, 2.05) is 0 Å². The molecule has 5 nitrogen and oxygen atoms in total. The molecule has 1 aromatic rings. The lowest BCUT2D eigenvalue weighted by Crippen LogP contribution is -2.69. The van der Waals surface area contributed by atoms with E-state index in [1.54, 1.807) is 37.3 Å². The second-order valence-corrected chi connectivity index (χ2v) is 5.73. The highest BCUT2D eigenvalue weighted by atomic mass is 16.5. The summed E-state index contributed by atoms with van der Waals surface area (Å²) in [5.74, 6) is 1.77. The van der Waals surface area contributed by atoms with Gasteiger partial charge in [0.1, 0.15) is 11.5 Å². The number of likely N-dealkylation sites (tertiary alicyclic amines) is 1. The molecule has 2 aliphatic rings. The van der Waals surface area contributed by atoms with Crippen LogP contribution in [0.3, 0.4) is 0 Å². The second-order valence-electron chi connectivity index (χ2n) is 5.73. The minimum absolute atomic E-state index is 0.0394. The molecule has 0 unspecified atom stereocenters. The summed E-state index contributed by atoms with van der Waals surface area (Å²) in [4.78, 5) is 14.3. The largest absolute Gasteiger partial charge is 0.497 e. The van der Waals surface area contributed by atoms with Gasteiger partial charge in [-0.1, -0.05) is 0 Å². The molecule has 1 heterocycles. The number of hydrogen-bond donors (Lipinski definition) is 1. The van der Waals surface area contributed by atoms with Gasteiger partial charge in [0.05, 0.1) is 25.3 Å². The van der Waals surface area contributed by atoms with Crippen molar-refractivity contribution < 1.29 is 14.3 Å². The number of amides is 1. The van der Waals surface area contributed by atoms with E-state index in [1.165, 1.54) is 12.8 Å². The van der Waals surface area contributed by atoms with E-state index in [9.17, 15) is 4.79 Å². The van der Waals surface area contributed by atoms with E-state index < -0.39 is 0 Å². The van der Waals surface area contributed by atoms with Crippen molar-refractivity contribution in [1.29, 1.82) is 0 Å². The van der Waals surface area contributed by atoms with Crippen LogP contribution in [0.5, 0.6) is 11.5 Å². The maximum absolute atomic E-state index is 12.5. The lowest BCUT2D eigenvalue weighted by Gasteiger charge is -2.48. The highest BCUT2D eigenvalue weighted by Crippen LogP contribution is 2.43. The highest BCUT2D eigenvalue weighted by Gasteiger charge is 2.51. The Labute approximate surface area is 118 Å². The van der Waals surface area contributed by atoms with Crippen LogP contribution in [0.15, 0.2) is 18.2 Å². The average molecular weight is 276 g/mol. The van der Waals surface area contributed by atoms with Crippen molar-refractivity contribution in [3.63, 3.8) is 0 Å². The average Bonchev–Trinajstić information content (AvgIpc) is 3.27. The lowest BCUT2D eigenvalue weighted by molar-refractivity contribution is 0.0347. The molecule has 1 saturated heterocycles. The van der Waals surface area contributed by atoms with E-state index in [0.717, 1.165) is 0 Å². The minimum atomic E-state index is -0.165. The third-order valence-electron chi connectivity index (χ3n) is 4.29. The summed E-state index contributed by atoms with van der Waals surface area (Å²) in [6, 6.07) is 5.25. The van der Waals surface area contributed by atoms with Gasteiger partial charge in [0.2, 0.25) is 0 Å². The number of nitrogens with zero attached hydrogens (tertiary/aromatic N) is 1. The van der Waals surface area contributed by atoms with Gasteiger partial charge >= 0.3 is 0 Å². The van der Waals surface area contributed by atoms with E-state index in [2.05, 4.69) is 0 Å². The van der Waals surface area contributed by atoms with Crippen LogP contribution in [-0.4, -0.2) is 43.7 Å². The first kappa shape index (κ1) is 13.2. The Balaban J connectivity index is 1.77. The van der Waals surface area contributed by atoms with Crippen LogP contribution < -0.4 is 15.2 Å². The van der Waals surface area contributed by atoms with Gasteiger partial charge in [-0.15, -0.1) is 0 Å². The monoisotopic (exact) mass is 276 g/mol. The van der Waals surface area contributed by atoms with Gasteiger partial charge in [-0.3, -0.25) is 4.79 Å². The summed E-state index contributed by atoms with van der Waals surface area (Å²) < 4.78 is 10.4. The van der Waals surface area contributed by atoms with Gasteiger partial charge in [-0.25, -0.2) is 0 Å². The molecule has 0 aromatic heterocycles. The molecule has 1 aliphatic carbocycles. The van der Waals surface area contributed by atoms with Crippen LogP contribution in [0.4, 0.5) is 0 Å². The fourth-order valence-corrected chi connectivity index (χ4v) is 2.88. The standard InChI is InChI=1S/C15H20N2O3/c1-19-11-5-6-13(20-2)12(7-11)14(18)17-8-15(16,9-17)10-3-4-10/h5-7,10H,3-4,8-9,16H2,1-2H3. The second kappa shape index (κ2) is 4.66. The molecular formula is C15H20N2O3. The van der Waals surface area contributed by atoms with Crippen molar-refractivity contribution >= 4 is 5.91 Å². The van der Waals surface area contributed by atoms with Gasteiger partial charge in [-0.2, -0.15) is 0 Å². The molecule has 3 rings (SSSR count). The number of rotatable bonds is 4. The molecule has 0 atom stereocenters. The van der Waals surface area contributed by atoms with E-state index in [0.29, 0.717) is 36.1 Å². The van der Waals surface area contributed by atoms with Gasteiger partial charge in [-0.05, 0) is 37.0 Å². The summed E-state index contributed by atoms with van der Waals surface area (Å²) in [5.41, 5.74) is 6.66. The van der Waals surface area contributed by atoms with Gasteiger partial charge in [0.15, 0.2) is 0 Å². The van der Waals surface area contributed by atoms with Crippen molar-refractivity contribution in [2.24, 2.45) is 11.7 Å². The smallest absolute Gasteiger partial charge is 0.257 e. The normalized spacial score (nSPS) is 20.2. The Bertz CT molecular complexity index is 534. The van der Waals surface area contributed by atoms with Crippen molar-refractivity contribution in [3.8, 4) is 11.5 Å². The Hall–Kier alpha value is -1.75. The lowest BCUT2D eigenvalue weighted by atomic mass is 9.85. The Morgan fingerprint density at radius 2 is 2.00 bits per heavy atom. The van der Waals surface area contributed by atoms with Crippen molar-refractivity contribution in [3.05, 3.63) is 23.8 Å². The molecule has 1 aromatic carbocycles. The fourth-order valence-electron chi connectivity index (χ4n) is 2.88. The summed E-state index contributed by atoms with van der Waals surface area (Å²) in [5, 5.41) is 0. The number of hydrogen-bond acceptors (Lipinski definition) is 4. The molecule has 108 valence electrons. The van der Waals surface area contributed by atoms with Crippen LogP contribution in [0, 0.1) is 5.92 Å². The zero-order chi connectivity index (χ0) is 14.3. The first-order valence-electron chi connectivity index (χ1n) is 6.87. The maximum atomic E-state index is 12.5. The third kappa shape index (κ3) is 2.12. The van der Waals surface area contributed by atoms with Crippen LogP contribution in [0.25, 0.3) is 0 Å². The Kier molecular flexibility index (Phi) is 3.09. The molecule has 2 N–H and O–H groups in total. The number of methoxy groups -OCH3 is 2. The number of ether oxygens (including phenoxy) is 2. The summed E-state index contributed by atoms with van der Waals surface area (Å²) in [6.07, 6.45) is 2.39. The molecule has 1 aliphatic heterocycles. The highest BCUT2D eigenvalue weighted by molar-refractivity contribution is 5.98. The Morgan fingerprint density at radius 3 is 2.55 bits per heavy atom. The summed E-state index contributed by atoms with van der Waals surface area (Å²) in [6.45, 7) is 1.27. The van der Waals surface area contributed by atoms with E-state index in [4.69, 9.17) is 15.2 Å². The number of carbonyl (C=O) groups is 1. The summed E-state index contributed by atoms with van der Waals surface area (Å²) in [7, 11) is 3.14. The van der Waals surface area contributed by atoms with Crippen molar-refractivity contribution in [2.75, 3.05) is 27.3 Å². The van der Waals surface area contributed by atoms with Gasteiger partial charge in [0.25, 0.3) is 5.91 Å². The van der Waals surface area contributed by atoms with Gasteiger partial charge < -0.3 is 20.1 Å². The molecule has 2 fully saturated rings. The number of nitrogens with two attached hydrogens (primary N) is 1. The third-order valence-corrected chi connectivity index (χ3v) is 4.29. The van der Waals surface area contributed by atoms with Crippen LogP contribution in [0.1, 0.15) is 23.2 Å². The van der Waals surface area contributed by atoms with Crippen LogP contribution >= 0.6 is 0 Å². The zero-order valence-electron chi connectivity index (χ0n) is 11.9. The molecule has 1 amide bonds. The minimum Gasteiger partial charge on any atom is -0.497 e. The van der Waals surface area contributed by atoms with Gasteiger partial charge in [0, 0.05) is 13.1 Å².